The molecule has 0 atom stereocenters. The molecule has 1 aromatic rings. The highest BCUT2D eigenvalue weighted by atomic mass is 32.2. The van der Waals surface area contributed by atoms with Crippen molar-refractivity contribution in [2.45, 2.75) is 38.7 Å². The number of hydrogen-bond acceptors (Lipinski definition) is 4. The van der Waals surface area contributed by atoms with Crippen molar-refractivity contribution in [3.05, 3.63) is 23.3 Å². The average molecular weight is 286 g/mol. The number of anilines is 1. The Morgan fingerprint density at radius 3 is 2.53 bits per heavy atom. The van der Waals surface area contributed by atoms with Gasteiger partial charge >= 0.3 is 0 Å². The molecular formula is C13H22N2O3S. The van der Waals surface area contributed by atoms with Crippen molar-refractivity contribution < 1.29 is 13.2 Å². The summed E-state index contributed by atoms with van der Waals surface area (Å²) in [5, 5.41) is 0. The van der Waals surface area contributed by atoms with E-state index in [0.717, 1.165) is 5.56 Å². The smallest absolute Gasteiger partial charge is 0.242 e. The van der Waals surface area contributed by atoms with Crippen LogP contribution in [0.1, 0.15) is 25.0 Å². The highest BCUT2D eigenvalue weighted by molar-refractivity contribution is 7.89. The van der Waals surface area contributed by atoms with Crippen LogP contribution >= 0.6 is 0 Å². The third-order valence-electron chi connectivity index (χ3n) is 2.82. The molecule has 0 saturated heterocycles. The van der Waals surface area contributed by atoms with Crippen molar-refractivity contribution >= 4 is 15.7 Å². The third kappa shape index (κ3) is 4.19. The number of ether oxygens (including phenoxy) is 1. The molecule has 0 aromatic heterocycles. The Kier molecular flexibility index (Phi) is 5.34. The van der Waals surface area contributed by atoms with Gasteiger partial charge in [-0.1, -0.05) is 6.07 Å². The molecule has 3 N–H and O–H groups in total. The third-order valence-corrected chi connectivity index (χ3v) is 4.48. The van der Waals surface area contributed by atoms with E-state index in [9.17, 15) is 8.42 Å². The van der Waals surface area contributed by atoms with Crippen molar-refractivity contribution in [1.29, 1.82) is 0 Å². The molecule has 0 heterocycles. The Hall–Kier alpha value is -1.11. The van der Waals surface area contributed by atoms with Gasteiger partial charge in [-0.2, -0.15) is 0 Å². The SMILES string of the molecule is Cc1ccc(N)c(S(=O)(=O)NCCOC(C)C)c1C. The molecule has 0 saturated carbocycles. The number of aryl methyl sites for hydroxylation is 1. The Balaban J connectivity index is 2.86. The second-order valence-corrected chi connectivity index (χ2v) is 6.45. The predicted molar refractivity (Wildman–Crippen MR) is 76.6 cm³/mol. The van der Waals surface area contributed by atoms with Gasteiger partial charge in [0.2, 0.25) is 10.0 Å². The molecule has 5 nitrogen and oxygen atoms in total. The molecule has 0 radical (unpaired) electrons. The van der Waals surface area contributed by atoms with Crippen molar-refractivity contribution in [3.63, 3.8) is 0 Å². The van der Waals surface area contributed by atoms with Crippen LogP contribution in [-0.2, 0) is 14.8 Å². The molecule has 0 bridgehead atoms. The number of nitrogens with two attached hydrogens (primary N) is 1. The van der Waals surface area contributed by atoms with Crippen LogP contribution in [0.3, 0.4) is 0 Å². The van der Waals surface area contributed by atoms with Crippen molar-refractivity contribution in [2.24, 2.45) is 0 Å². The van der Waals surface area contributed by atoms with Gasteiger partial charge in [0.1, 0.15) is 4.90 Å². The van der Waals surface area contributed by atoms with E-state index in [0.29, 0.717) is 12.2 Å². The summed E-state index contributed by atoms with van der Waals surface area (Å²) in [6.07, 6.45) is 0.0790. The van der Waals surface area contributed by atoms with Gasteiger partial charge < -0.3 is 10.5 Å². The van der Waals surface area contributed by atoms with Crippen LogP contribution in [0.5, 0.6) is 0 Å². The average Bonchev–Trinajstić information content (AvgIpc) is 2.29. The number of benzene rings is 1. The van der Waals surface area contributed by atoms with E-state index in [2.05, 4.69) is 4.72 Å². The van der Waals surface area contributed by atoms with Gasteiger partial charge in [-0.15, -0.1) is 0 Å². The quantitative estimate of drug-likeness (QED) is 0.614. The maximum Gasteiger partial charge on any atom is 0.242 e. The van der Waals surface area contributed by atoms with E-state index in [1.165, 1.54) is 0 Å². The van der Waals surface area contributed by atoms with Gasteiger partial charge in [0.25, 0.3) is 0 Å². The summed E-state index contributed by atoms with van der Waals surface area (Å²) in [5.74, 6) is 0. The summed E-state index contributed by atoms with van der Waals surface area (Å²) in [5.41, 5.74) is 7.62. The highest BCUT2D eigenvalue weighted by Crippen LogP contribution is 2.24. The first-order chi connectivity index (χ1) is 8.75. The van der Waals surface area contributed by atoms with E-state index in [1.54, 1.807) is 13.0 Å². The normalized spacial score (nSPS) is 12.1. The fourth-order valence-electron chi connectivity index (χ4n) is 1.71. The molecule has 0 unspecified atom stereocenters. The number of rotatable bonds is 6. The lowest BCUT2D eigenvalue weighted by atomic mass is 10.1. The van der Waals surface area contributed by atoms with Crippen LogP contribution in [0.15, 0.2) is 17.0 Å². The molecule has 0 spiro atoms. The first-order valence-corrected chi connectivity index (χ1v) is 7.71. The Labute approximate surface area is 115 Å². The summed E-state index contributed by atoms with van der Waals surface area (Å²) in [6, 6.07) is 3.42. The predicted octanol–water partition coefficient (Wildman–Crippen LogP) is 1.59. The van der Waals surface area contributed by atoms with Crippen molar-refractivity contribution in [1.82, 2.24) is 4.72 Å². The van der Waals surface area contributed by atoms with Crippen LogP contribution in [-0.4, -0.2) is 27.7 Å². The summed E-state index contributed by atoms with van der Waals surface area (Å²) in [4.78, 5) is 0.164. The minimum atomic E-state index is -3.60. The van der Waals surface area contributed by atoms with E-state index in [-0.39, 0.29) is 23.2 Å². The van der Waals surface area contributed by atoms with Crippen LogP contribution in [0.4, 0.5) is 5.69 Å². The Morgan fingerprint density at radius 1 is 1.32 bits per heavy atom. The number of nitrogen functional groups attached to an aromatic ring is 1. The van der Waals surface area contributed by atoms with Crippen LogP contribution in [0.2, 0.25) is 0 Å². The summed E-state index contributed by atoms with van der Waals surface area (Å²) in [6.45, 7) is 7.98. The maximum absolute atomic E-state index is 12.2. The van der Waals surface area contributed by atoms with Crippen LogP contribution in [0.25, 0.3) is 0 Å². The van der Waals surface area contributed by atoms with Gasteiger partial charge in [0.05, 0.1) is 18.4 Å². The van der Waals surface area contributed by atoms with Crippen LogP contribution in [0, 0.1) is 13.8 Å². The summed E-state index contributed by atoms with van der Waals surface area (Å²) in [7, 11) is -3.60. The highest BCUT2D eigenvalue weighted by Gasteiger charge is 2.20. The minimum Gasteiger partial charge on any atom is -0.398 e. The maximum atomic E-state index is 12.2. The summed E-state index contributed by atoms with van der Waals surface area (Å²) >= 11 is 0. The van der Waals surface area contributed by atoms with E-state index in [4.69, 9.17) is 10.5 Å². The van der Waals surface area contributed by atoms with Crippen molar-refractivity contribution in [2.75, 3.05) is 18.9 Å². The van der Waals surface area contributed by atoms with Crippen molar-refractivity contribution in [3.8, 4) is 0 Å². The Morgan fingerprint density at radius 2 is 1.95 bits per heavy atom. The van der Waals surface area contributed by atoms with E-state index in [1.807, 2.05) is 26.8 Å². The lowest BCUT2D eigenvalue weighted by molar-refractivity contribution is 0.0834. The molecule has 1 aromatic carbocycles. The van der Waals surface area contributed by atoms with Crippen LogP contribution < -0.4 is 10.5 Å². The molecule has 0 aliphatic rings. The lowest BCUT2D eigenvalue weighted by Gasteiger charge is -2.14. The first kappa shape index (κ1) is 15.9. The standard InChI is InChI=1S/C13H22N2O3S/c1-9(2)18-8-7-15-19(16,17)13-11(4)10(3)5-6-12(13)14/h5-6,9,15H,7-8,14H2,1-4H3. The van der Waals surface area contributed by atoms with Gasteiger partial charge in [0, 0.05) is 6.54 Å². The fraction of sp³-hybridized carbons (Fsp3) is 0.538. The number of nitrogens with one attached hydrogen (secondary N) is 1. The largest absolute Gasteiger partial charge is 0.398 e. The molecule has 1 rings (SSSR count). The zero-order valence-electron chi connectivity index (χ0n) is 11.9. The summed E-state index contributed by atoms with van der Waals surface area (Å²) < 4.78 is 32.3. The molecule has 19 heavy (non-hydrogen) atoms. The zero-order valence-corrected chi connectivity index (χ0v) is 12.7. The monoisotopic (exact) mass is 286 g/mol. The van der Waals surface area contributed by atoms with E-state index < -0.39 is 10.0 Å². The molecule has 0 amide bonds. The minimum absolute atomic E-state index is 0.0790. The second-order valence-electron chi connectivity index (χ2n) is 4.74. The lowest BCUT2D eigenvalue weighted by Crippen LogP contribution is -2.29. The second kappa shape index (κ2) is 6.36. The van der Waals surface area contributed by atoms with Gasteiger partial charge in [0.15, 0.2) is 0 Å². The van der Waals surface area contributed by atoms with Gasteiger partial charge in [-0.05, 0) is 44.9 Å². The van der Waals surface area contributed by atoms with Gasteiger partial charge in [-0.25, -0.2) is 13.1 Å². The van der Waals surface area contributed by atoms with Gasteiger partial charge in [-0.3, -0.25) is 0 Å². The number of hydrogen-bond donors (Lipinski definition) is 2. The first-order valence-electron chi connectivity index (χ1n) is 6.22. The molecule has 108 valence electrons. The molecule has 0 aliphatic carbocycles. The fourth-order valence-corrected chi connectivity index (χ4v) is 3.15. The zero-order chi connectivity index (χ0) is 14.6. The molecule has 0 aliphatic heterocycles. The Bertz CT molecular complexity index is 539. The molecule has 6 heteroatoms. The number of sulfonamides is 1. The molecular weight excluding hydrogens is 264 g/mol. The topological polar surface area (TPSA) is 81.4 Å². The molecule has 0 fully saturated rings. The van der Waals surface area contributed by atoms with E-state index >= 15 is 0 Å².